The molecule has 9 nitrogen and oxygen atoms in total. The number of fused-ring (bicyclic) bond motifs is 1. The lowest BCUT2D eigenvalue weighted by Crippen LogP contribution is -2.30. The molecule has 3 aromatic rings. The fourth-order valence-electron chi connectivity index (χ4n) is 2.09. The Bertz CT molecular complexity index is 874. The molecule has 0 saturated heterocycles. The number of non-ortho nitro benzene ring substituents is 1. The van der Waals surface area contributed by atoms with Crippen LogP contribution in [0.15, 0.2) is 48.5 Å². The summed E-state index contributed by atoms with van der Waals surface area (Å²) < 4.78 is 1.37. The zero-order chi connectivity index (χ0) is 16.4. The lowest BCUT2D eigenvalue weighted by atomic mass is 10.2. The van der Waals surface area contributed by atoms with Crippen LogP contribution in [0, 0.1) is 10.1 Å². The Morgan fingerprint density at radius 3 is 2.61 bits per heavy atom. The van der Waals surface area contributed by atoms with Gasteiger partial charge in [-0.1, -0.05) is 17.3 Å². The lowest BCUT2D eigenvalue weighted by molar-refractivity contribution is -0.384. The third-order valence-electron chi connectivity index (χ3n) is 3.25. The van der Waals surface area contributed by atoms with E-state index in [1.165, 1.54) is 28.9 Å². The largest absolute Gasteiger partial charge is 0.284 e. The first-order chi connectivity index (χ1) is 11.1. The van der Waals surface area contributed by atoms with Crippen molar-refractivity contribution in [1.82, 2.24) is 20.1 Å². The van der Waals surface area contributed by atoms with Crippen molar-refractivity contribution >= 4 is 22.6 Å². The number of benzene rings is 2. The Kier molecular flexibility index (Phi) is 3.69. The standard InChI is InChI=1S/C14H11N5O4/c20-14(10-5-7-11(8-6-10)19(22)23)18(21)9-17-13-4-2-1-3-12(13)15-16-17/h1-8,21H,9H2. The maximum Gasteiger partial charge on any atom is 0.279 e. The first-order valence-electron chi connectivity index (χ1n) is 6.59. The van der Waals surface area contributed by atoms with E-state index in [9.17, 15) is 20.1 Å². The zero-order valence-corrected chi connectivity index (χ0v) is 11.7. The molecule has 0 unspecified atom stereocenters. The van der Waals surface area contributed by atoms with Gasteiger partial charge in [-0.25, -0.2) is 4.68 Å². The number of hydrogen-bond donors (Lipinski definition) is 1. The predicted molar refractivity (Wildman–Crippen MR) is 78.6 cm³/mol. The van der Waals surface area contributed by atoms with Crippen molar-refractivity contribution in [3.05, 3.63) is 64.2 Å². The quantitative estimate of drug-likeness (QED) is 0.446. The van der Waals surface area contributed by atoms with Crippen molar-refractivity contribution in [1.29, 1.82) is 0 Å². The molecule has 0 aliphatic heterocycles. The van der Waals surface area contributed by atoms with Gasteiger partial charge in [-0.15, -0.1) is 5.10 Å². The minimum Gasteiger partial charge on any atom is -0.284 e. The predicted octanol–water partition coefficient (Wildman–Crippen LogP) is 1.83. The summed E-state index contributed by atoms with van der Waals surface area (Å²) in [4.78, 5) is 22.2. The molecule has 0 bridgehead atoms. The summed E-state index contributed by atoms with van der Waals surface area (Å²) in [5, 5.41) is 28.8. The van der Waals surface area contributed by atoms with Crippen LogP contribution in [0.4, 0.5) is 5.69 Å². The molecule has 0 radical (unpaired) electrons. The minimum absolute atomic E-state index is 0.127. The molecule has 0 saturated carbocycles. The third kappa shape index (κ3) is 2.85. The molecule has 3 rings (SSSR count). The van der Waals surface area contributed by atoms with Gasteiger partial charge in [0.1, 0.15) is 12.2 Å². The van der Waals surface area contributed by atoms with Gasteiger partial charge in [0.05, 0.1) is 10.4 Å². The van der Waals surface area contributed by atoms with Crippen molar-refractivity contribution in [3.8, 4) is 0 Å². The number of para-hydroxylation sites is 1. The number of hydrogen-bond acceptors (Lipinski definition) is 6. The maximum atomic E-state index is 12.1. The van der Waals surface area contributed by atoms with Crippen LogP contribution in [0.5, 0.6) is 0 Å². The Morgan fingerprint density at radius 1 is 1.22 bits per heavy atom. The summed E-state index contributed by atoms with van der Waals surface area (Å²) in [5.74, 6) is -0.695. The molecule has 116 valence electrons. The first-order valence-corrected chi connectivity index (χ1v) is 6.59. The smallest absolute Gasteiger partial charge is 0.279 e. The third-order valence-corrected chi connectivity index (χ3v) is 3.25. The number of nitrogens with zero attached hydrogens (tertiary/aromatic N) is 5. The fraction of sp³-hybridized carbons (Fsp3) is 0.0714. The molecule has 1 heterocycles. The molecule has 2 aromatic carbocycles. The van der Waals surface area contributed by atoms with E-state index >= 15 is 0 Å². The highest BCUT2D eigenvalue weighted by Gasteiger charge is 2.17. The SMILES string of the molecule is O=C(c1ccc([N+](=O)[O-])cc1)N(O)Cn1nnc2ccccc21. The summed E-state index contributed by atoms with van der Waals surface area (Å²) in [7, 11) is 0. The number of nitro benzene ring substituents is 1. The molecule has 0 atom stereocenters. The number of nitro groups is 1. The minimum atomic E-state index is -0.695. The van der Waals surface area contributed by atoms with E-state index in [1.807, 2.05) is 0 Å². The van der Waals surface area contributed by atoms with Crippen LogP contribution in [0.3, 0.4) is 0 Å². The van der Waals surface area contributed by atoms with Gasteiger partial charge in [0.2, 0.25) is 0 Å². The Balaban J connectivity index is 1.78. The van der Waals surface area contributed by atoms with E-state index in [0.29, 0.717) is 16.1 Å². The summed E-state index contributed by atoms with van der Waals surface area (Å²) >= 11 is 0. The summed E-state index contributed by atoms with van der Waals surface area (Å²) in [6.45, 7) is -0.212. The van der Waals surface area contributed by atoms with E-state index in [-0.39, 0.29) is 17.9 Å². The molecule has 1 amide bonds. The molecule has 1 aromatic heterocycles. The van der Waals surface area contributed by atoms with Crippen LogP contribution in [0.25, 0.3) is 11.0 Å². The molecule has 9 heteroatoms. The second kappa shape index (κ2) is 5.81. The monoisotopic (exact) mass is 313 g/mol. The molecular formula is C14H11N5O4. The van der Waals surface area contributed by atoms with Crippen molar-refractivity contribution in [2.45, 2.75) is 6.67 Å². The van der Waals surface area contributed by atoms with Gasteiger partial charge in [-0.05, 0) is 24.3 Å². The summed E-state index contributed by atoms with van der Waals surface area (Å²) in [5.41, 5.74) is 1.31. The second-order valence-electron chi connectivity index (χ2n) is 4.73. The van der Waals surface area contributed by atoms with Crippen LogP contribution in [-0.4, -0.2) is 36.1 Å². The van der Waals surface area contributed by atoms with Gasteiger partial charge in [-0.2, -0.15) is 5.06 Å². The van der Waals surface area contributed by atoms with Crippen LogP contribution in [0.2, 0.25) is 0 Å². The molecule has 0 spiro atoms. The Labute approximate surface area is 129 Å². The van der Waals surface area contributed by atoms with Gasteiger partial charge in [0.25, 0.3) is 11.6 Å². The topological polar surface area (TPSA) is 114 Å². The number of aromatic nitrogens is 3. The van der Waals surface area contributed by atoms with Crippen LogP contribution in [0.1, 0.15) is 10.4 Å². The van der Waals surface area contributed by atoms with Gasteiger partial charge >= 0.3 is 0 Å². The highest BCUT2D eigenvalue weighted by Crippen LogP contribution is 2.14. The van der Waals surface area contributed by atoms with Gasteiger partial charge in [-0.3, -0.25) is 20.1 Å². The molecular weight excluding hydrogens is 302 g/mol. The average Bonchev–Trinajstić information content (AvgIpc) is 2.97. The van der Waals surface area contributed by atoms with E-state index in [2.05, 4.69) is 10.3 Å². The number of carbonyl (C=O) groups excluding carboxylic acids is 1. The highest BCUT2D eigenvalue weighted by atomic mass is 16.6. The Hall–Kier alpha value is -3.33. The van der Waals surface area contributed by atoms with Crippen LogP contribution in [-0.2, 0) is 6.67 Å². The van der Waals surface area contributed by atoms with Crippen molar-refractivity contribution in [3.63, 3.8) is 0 Å². The molecule has 1 N–H and O–H groups in total. The number of carbonyl (C=O) groups is 1. The average molecular weight is 313 g/mol. The summed E-state index contributed by atoms with van der Waals surface area (Å²) in [6.07, 6.45) is 0. The lowest BCUT2D eigenvalue weighted by Gasteiger charge is -2.14. The molecule has 0 aliphatic rings. The number of rotatable bonds is 4. The fourth-order valence-corrected chi connectivity index (χ4v) is 2.09. The number of amides is 1. The number of hydroxylamine groups is 2. The van der Waals surface area contributed by atoms with Crippen LogP contribution >= 0.6 is 0 Å². The van der Waals surface area contributed by atoms with E-state index in [1.54, 1.807) is 24.3 Å². The van der Waals surface area contributed by atoms with Crippen LogP contribution < -0.4 is 0 Å². The highest BCUT2D eigenvalue weighted by molar-refractivity contribution is 5.93. The van der Waals surface area contributed by atoms with Crippen molar-refractivity contribution < 1.29 is 14.9 Å². The molecule has 0 fully saturated rings. The van der Waals surface area contributed by atoms with Crippen molar-refractivity contribution in [2.24, 2.45) is 0 Å². The van der Waals surface area contributed by atoms with Gasteiger partial charge in [0, 0.05) is 17.7 Å². The maximum absolute atomic E-state index is 12.1. The van der Waals surface area contributed by atoms with E-state index in [0.717, 1.165) is 0 Å². The molecule has 23 heavy (non-hydrogen) atoms. The zero-order valence-electron chi connectivity index (χ0n) is 11.7. The van der Waals surface area contributed by atoms with Crippen molar-refractivity contribution in [2.75, 3.05) is 0 Å². The molecule has 0 aliphatic carbocycles. The summed E-state index contributed by atoms with van der Waals surface area (Å²) in [6, 6.07) is 12.1. The second-order valence-corrected chi connectivity index (χ2v) is 4.73. The Morgan fingerprint density at radius 2 is 1.91 bits per heavy atom. The first kappa shape index (κ1) is 14.6. The van der Waals surface area contributed by atoms with E-state index in [4.69, 9.17) is 0 Å². The van der Waals surface area contributed by atoms with Gasteiger partial charge in [0.15, 0.2) is 0 Å². The normalized spacial score (nSPS) is 10.7. The van der Waals surface area contributed by atoms with E-state index < -0.39 is 10.8 Å². The van der Waals surface area contributed by atoms with Gasteiger partial charge < -0.3 is 0 Å².